The van der Waals surface area contributed by atoms with Crippen molar-refractivity contribution in [1.82, 2.24) is 9.97 Å². The van der Waals surface area contributed by atoms with E-state index in [9.17, 15) is 4.79 Å². The van der Waals surface area contributed by atoms with Crippen LogP contribution in [0.25, 0.3) is 11.1 Å². The van der Waals surface area contributed by atoms with Gasteiger partial charge >= 0.3 is 0 Å². The summed E-state index contributed by atoms with van der Waals surface area (Å²) in [6.45, 7) is 0. The molecule has 0 unspecified atom stereocenters. The predicted molar refractivity (Wildman–Crippen MR) is 92.1 cm³/mol. The zero-order chi connectivity index (χ0) is 16.1. The summed E-state index contributed by atoms with van der Waals surface area (Å²) in [5, 5.41) is 5.09. The third kappa shape index (κ3) is 3.92. The number of rotatable bonds is 6. The maximum Gasteiger partial charge on any atom is 0.240 e. The Morgan fingerprint density at radius 2 is 1.83 bits per heavy atom. The summed E-state index contributed by atoms with van der Waals surface area (Å²) in [5.41, 5.74) is 11.1. The number of hydrogen-bond donors (Lipinski definition) is 2. The van der Waals surface area contributed by atoms with Crippen LogP contribution in [0.4, 0.5) is 5.69 Å². The van der Waals surface area contributed by atoms with Crippen LogP contribution in [0, 0.1) is 0 Å². The van der Waals surface area contributed by atoms with Crippen LogP contribution in [0.15, 0.2) is 59.7 Å². The van der Waals surface area contributed by atoms with Gasteiger partial charge in [0.05, 0.1) is 11.2 Å². The van der Waals surface area contributed by atoms with Crippen LogP contribution >= 0.6 is 11.3 Å². The first kappa shape index (κ1) is 15.2. The number of aromatic nitrogens is 2. The number of nitrogens with one attached hydrogen (secondary N) is 1. The highest BCUT2D eigenvalue weighted by Gasteiger charge is 2.16. The molecule has 1 atom stereocenters. The molecule has 116 valence electrons. The molecule has 2 heterocycles. The molecule has 23 heavy (non-hydrogen) atoms. The van der Waals surface area contributed by atoms with Gasteiger partial charge in [0.15, 0.2) is 0 Å². The standard InChI is InChI=1S/C17H16N4OS/c18-17(22)16(9-15-10-23-11-20-15)21-14-3-1-12(2-4-14)13-5-7-19-8-6-13/h1-8,10-11,16,21H,9H2,(H2,18,22)/t16-/m0/s1. The normalized spacial score (nSPS) is 11.8. The lowest BCUT2D eigenvalue weighted by molar-refractivity contribution is -0.118. The molecule has 0 bridgehead atoms. The topological polar surface area (TPSA) is 80.9 Å². The molecule has 5 nitrogen and oxygen atoms in total. The number of nitrogens with two attached hydrogens (primary N) is 1. The molecule has 0 fully saturated rings. The lowest BCUT2D eigenvalue weighted by Crippen LogP contribution is -2.37. The largest absolute Gasteiger partial charge is 0.373 e. The van der Waals surface area contributed by atoms with Crippen LogP contribution in [0.3, 0.4) is 0 Å². The zero-order valence-electron chi connectivity index (χ0n) is 12.3. The molecule has 0 aliphatic carbocycles. The first-order valence-electron chi connectivity index (χ1n) is 7.16. The number of thiazole rings is 1. The van der Waals surface area contributed by atoms with Gasteiger partial charge in [0, 0.05) is 29.9 Å². The summed E-state index contributed by atoms with van der Waals surface area (Å²) in [6.07, 6.45) is 4.00. The van der Waals surface area contributed by atoms with Crippen LogP contribution < -0.4 is 11.1 Å². The van der Waals surface area contributed by atoms with Crippen molar-refractivity contribution in [2.75, 3.05) is 5.32 Å². The van der Waals surface area contributed by atoms with Gasteiger partial charge in [-0.05, 0) is 35.4 Å². The number of pyridine rings is 1. The van der Waals surface area contributed by atoms with E-state index in [-0.39, 0.29) is 0 Å². The predicted octanol–water partition coefficient (Wildman–Crippen LogP) is 2.71. The van der Waals surface area contributed by atoms with E-state index in [1.54, 1.807) is 17.9 Å². The van der Waals surface area contributed by atoms with E-state index in [0.29, 0.717) is 6.42 Å². The van der Waals surface area contributed by atoms with E-state index in [1.165, 1.54) is 11.3 Å². The van der Waals surface area contributed by atoms with Crippen molar-refractivity contribution in [2.45, 2.75) is 12.5 Å². The third-order valence-electron chi connectivity index (χ3n) is 3.48. The second-order valence-electron chi connectivity index (χ2n) is 5.10. The number of benzene rings is 1. The van der Waals surface area contributed by atoms with Gasteiger partial charge in [-0.2, -0.15) is 0 Å². The number of amides is 1. The van der Waals surface area contributed by atoms with Crippen LogP contribution in [-0.4, -0.2) is 21.9 Å². The van der Waals surface area contributed by atoms with Crippen molar-refractivity contribution >= 4 is 22.9 Å². The molecule has 0 aliphatic heterocycles. The first-order valence-corrected chi connectivity index (χ1v) is 8.10. The molecule has 2 aromatic heterocycles. The second-order valence-corrected chi connectivity index (χ2v) is 5.82. The van der Waals surface area contributed by atoms with E-state index in [2.05, 4.69) is 15.3 Å². The fraction of sp³-hybridized carbons (Fsp3) is 0.118. The lowest BCUT2D eigenvalue weighted by Gasteiger charge is -2.16. The first-order chi connectivity index (χ1) is 11.2. The van der Waals surface area contributed by atoms with Crippen LogP contribution in [0.1, 0.15) is 5.69 Å². The maximum absolute atomic E-state index is 11.6. The Kier molecular flexibility index (Phi) is 4.63. The summed E-state index contributed by atoms with van der Waals surface area (Å²) in [7, 11) is 0. The molecule has 6 heteroatoms. The Bertz CT molecular complexity index is 757. The maximum atomic E-state index is 11.6. The Morgan fingerprint density at radius 3 is 2.43 bits per heavy atom. The van der Waals surface area contributed by atoms with Crippen LogP contribution in [0.5, 0.6) is 0 Å². The fourth-order valence-corrected chi connectivity index (χ4v) is 2.85. The molecule has 0 radical (unpaired) electrons. The van der Waals surface area contributed by atoms with Gasteiger partial charge in [0.25, 0.3) is 0 Å². The summed E-state index contributed by atoms with van der Waals surface area (Å²) < 4.78 is 0. The quantitative estimate of drug-likeness (QED) is 0.730. The summed E-state index contributed by atoms with van der Waals surface area (Å²) >= 11 is 1.50. The van der Waals surface area contributed by atoms with Gasteiger partial charge in [-0.3, -0.25) is 9.78 Å². The highest BCUT2D eigenvalue weighted by Crippen LogP contribution is 2.21. The minimum atomic E-state index is -0.483. The molecular weight excluding hydrogens is 308 g/mol. The van der Waals surface area contributed by atoms with Gasteiger partial charge in [-0.25, -0.2) is 4.98 Å². The van der Waals surface area contributed by atoms with E-state index >= 15 is 0 Å². The number of carbonyl (C=O) groups excluding carboxylic acids is 1. The van der Waals surface area contributed by atoms with E-state index < -0.39 is 11.9 Å². The van der Waals surface area contributed by atoms with Gasteiger partial charge in [-0.15, -0.1) is 11.3 Å². The second kappa shape index (κ2) is 7.02. The van der Waals surface area contributed by atoms with Gasteiger partial charge in [0.1, 0.15) is 6.04 Å². The Balaban J connectivity index is 1.72. The van der Waals surface area contributed by atoms with Gasteiger partial charge < -0.3 is 11.1 Å². The average Bonchev–Trinajstić information content (AvgIpc) is 3.09. The van der Waals surface area contributed by atoms with E-state index in [4.69, 9.17) is 5.73 Å². The Labute approximate surface area is 138 Å². The van der Waals surface area contributed by atoms with E-state index in [1.807, 2.05) is 41.8 Å². The molecule has 0 spiro atoms. The molecule has 3 rings (SSSR count). The Hall–Kier alpha value is -2.73. The van der Waals surface area contributed by atoms with Crippen molar-refractivity contribution in [3.63, 3.8) is 0 Å². The van der Waals surface area contributed by atoms with Gasteiger partial charge in [0.2, 0.25) is 5.91 Å². The third-order valence-corrected chi connectivity index (χ3v) is 4.11. The SMILES string of the molecule is NC(=O)[C@H](Cc1cscn1)Nc1ccc(-c2ccncc2)cc1. The van der Waals surface area contributed by atoms with Crippen molar-refractivity contribution in [3.8, 4) is 11.1 Å². The van der Waals surface area contributed by atoms with Crippen molar-refractivity contribution in [3.05, 3.63) is 65.4 Å². The molecule has 1 amide bonds. The van der Waals surface area contributed by atoms with E-state index in [0.717, 1.165) is 22.5 Å². The molecule has 1 aromatic carbocycles. The van der Waals surface area contributed by atoms with Crippen molar-refractivity contribution in [1.29, 1.82) is 0 Å². The number of carbonyl (C=O) groups is 1. The summed E-state index contributed by atoms with van der Waals surface area (Å²) in [6, 6.07) is 11.3. The van der Waals surface area contributed by atoms with Crippen molar-refractivity contribution < 1.29 is 4.79 Å². The monoisotopic (exact) mass is 324 g/mol. The number of hydrogen-bond acceptors (Lipinski definition) is 5. The summed E-state index contributed by atoms with van der Waals surface area (Å²) in [4.78, 5) is 19.9. The molecule has 0 saturated carbocycles. The minimum Gasteiger partial charge on any atom is -0.373 e. The molecular formula is C17H16N4OS. The number of anilines is 1. The molecule has 0 saturated heterocycles. The van der Waals surface area contributed by atoms with Gasteiger partial charge in [-0.1, -0.05) is 12.1 Å². The molecule has 3 N–H and O–H groups in total. The fourth-order valence-electron chi connectivity index (χ4n) is 2.27. The lowest BCUT2D eigenvalue weighted by atomic mass is 10.1. The smallest absolute Gasteiger partial charge is 0.240 e. The number of primary amides is 1. The minimum absolute atomic E-state index is 0.392. The molecule has 0 aliphatic rings. The average molecular weight is 324 g/mol. The zero-order valence-corrected chi connectivity index (χ0v) is 13.2. The highest BCUT2D eigenvalue weighted by molar-refractivity contribution is 7.07. The van der Waals surface area contributed by atoms with Crippen LogP contribution in [-0.2, 0) is 11.2 Å². The highest BCUT2D eigenvalue weighted by atomic mass is 32.1. The molecule has 3 aromatic rings. The number of nitrogens with zero attached hydrogens (tertiary/aromatic N) is 2. The summed E-state index contributed by atoms with van der Waals surface area (Å²) in [5.74, 6) is -0.392. The van der Waals surface area contributed by atoms with Crippen LogP contribution in [0.2, 0.25) is 0 Å². The van der Waals surface area contributed by atoms with Crippen molar-refractivity contribution in [2.24, 2.45) is 5.73 Å². The Morgan fingerprint density at radius 1 is 1.13 bits per heavy atom.